The second-order valence-electron chi connectivity index (χ2n) is 4.74. The van der Waals surface area contributed by atoms with E-state index in [-0.39, 0.29) is 0 Å². The third kappa shape index (κ3) is 8.89. The molecule has 0 heterocycles. The fourth-order valence-electron chi connectivity index (χ4n) is 1.86. The fraction of sp³-hybridized carbons (Fsp3) is 1.00. The summed E-state index contributed by atoms with van der Waals surface area (Å²) >= 11 is 4.28. The molecule has 2 atom stereocenters. The summed E-state index contributed by atoms with van der Waals surface area (Å²) in [4.78, 5) is 2.45. The third-order valence-electron chi connectivity index (χ3n) is 3.14. The Balaban J connectivity index is 3.99. The van der Waals surface area contributed by atoms with Gasteiger partial charge in [-0.25, -0.2) is 0 Å². The minimum Gasteiger partial charge on any atom is -0.383 e. The predicted octanol–water partition coefficient (Wildman–Crippen LogP) is 2.32. The molecule has 104 valence electrons. The first-order valence-corrected chi connectivity index (χ1v) is 7.11. The first-order valence-electron chi connectivity index (χ1n) is 6.48. The van der Waals surface area contributed by atoms with Crippen molar-refractivity contribution in [2.75, 3.05) is 46.3 Å². The van der Waals surface area contributed by atoms with Crippen LogP contribution in [-0.2, 0) is 9.47 Å². The van der Waals surface area contributed by atoms with Crippen LogP contribution in [0.4, 0.5) is 0 Å². The smallest absolute Gasteiger partial charge is 0.0615 e. The summed E-state index contributed by atoms with van der Waals surface area (Å²) in [7, 11) is 3.51. The minimum absolute atomic E-state index is 0.457. The maximum Gasteiger partial charge on any atom is 0.0615 e. The molecule has 0 bridgehead atoms. The van der Waals surface area contributed by atoms with E-state index in [9.17, 15) is 0 Å². The highest BCUT2D eigenvalue weighted by molar-refractivity contribution is 7.80. The Morgan fingerprint density at radius 3 is 2.29 bits per heavy atom. The number of methoxy groups -OCH3 is 2. The Morgan fingerprint density at radius 1 is 1.06 bits per heavy atom. The summed E-state index contributed by atoms with van der Waals surface area (Å²) in [6.07, 6.45) is 2.41. The largest absolute Gasteiger partial charge is 0.383 e. The van der Waals surface area contributed by atoms with E-state index in [2.05, 4.69) is 31.4 Å². The topological polar surface area (TPSA) is 21.7 Å². The Kier molecular flexibility index (Phi) is 11.5. The average molecular weight is 263 g/mol. The highest BCUT2D eigenvalue weighted by Crippen LogP contribution is 2.11. The molecule has 0 radical (unpaired) electrons. The zero-order valence-electron chi connectivity index (χ0n) is 11.8. The van der Waals surface area contributed by atoms with Crippen LogP contribution >= 0.6 is 12.6 Å². The van der Waals surface area contributed by atoms with Crippen molar-refractivity contribution >= 4 is 12.6 Å². The summed E-state index contributed by atoms with van der Waals surface area (Å²) < 4.78 is 10.4. The predicted molar refractivity (Wildman–Crippen MR) is 77.0 cm³/mol. The van der Waals surface area contributed by atoms with E-state index in [0.29, 0.717) is 6.04 Å². The molecule has 0 saturated carbocycles. The molecule has 0 aliphatic carbocycles. The molecule has 0 spiro atoms. The van der Waals surface area contributed by atoms with E-state index in [1.54, 1.807) is 14.2 Å². The second kappa shape index (κ2) is 11.3. The first-order chi connectivity index (χ1) is 8.15. The van der Waals surface area contributed by atoms with Crippen molar-refractivity contribution in [1.82, 2.24) is 4.90 Å². The van der Waals surface area contributed by atoms with Gasteiger partial charge in [0.2, 0.25) is 0 Å². The number of hydrogen-bond donors (Lipinski definition) is 1. The van der Waals surface area contributed by atoms with Crippen LogP contribution in [0.5, 0.6) is 0 Å². The molecule has 2 unspecified atom stereocenters. The quantitative estimate of drug-likeness (QED) is 0.578. The van der Waals surface area contributed by atoms with Crippen LogP contribution in [-0.4, -0.2) is 57.2 Å². The van der Waals surface area contributed by atoms with Crippen LogP contribution in [0.15, 0.2) is 0 Å². The molecule has 0 aromatic rings. The molecule has 0 aromatic heterocycles. The van der Waals surface area contributed by atoms with Crippen LogP contribution in [0.3, 0.4) is 0 Å². The lowest BCUT2D eigenvalue weighted by Gasteiger charge is -2.29. The lowest BCUT2D eigenvalue weighted by Crippen LogP contribution is -2.39. The molecule has 0 aliphatic rings. The molecule has 0 aliphatic heterocycles. The number of hydrogen-bond acceptors (Lipinski definition) is 4. The number of nitrogens with zero attached hydrogens (tertiary/aromatic N) is 1. The Labute approximate surface area is 112 Å². The van der Waals surface area contributed by atoms with Gasteiger partial charge in [-0.15, -0.1) is 0 Å². The van der Waals surface area contributed by atoms with Crippen LogP contribution in [0.2, 0.25) is 0 Å². The molecule has 3 nitrogen and oxygen atoms in total. The number of ether oxygens (including phenoxy) is 2. The third-order valence-corrected chi connectivity index (χ3v) is 3.40. The number of rotatable bonds is 11. The fourth-order valence-corrected chi connectivity index (χ4v) is 2.30. The lowest BCUT2D eigenvalue weighted by atomic mass is 10.0. The van der Waals surface area contributed by atoms with Gasteiger partial charge in [0.05, 0.1) is 13.2 Å². The summed E-state index contributed by atoms with van der Waals surface area (Å²) in [5.41, 5.74) is 0. The molecular formula is C13H29NO2S. The molecule has 17 heavy (non-hydrogen) atoms. The molecule has 0 rings (SSSR count). The van der Waals surface area contributed by atoms with Gasteiger partial charge in [-0.1, -0.05) is 6.92 Å². The highest BCUT2D eigenvalue weighted by Gasteiger charge is 2.14. The highest BCUT2D eigenvalue weighted by atomic mass is 32.1. The molecule has 0 aromatic carbocycles. The minimum atomic E-state index is 0.457. The summed E-state index contributed by atoms with van der Waals surface area (Å²) in [5, 5.41) is 0. The van der Waals surface area contributed by atoms with Crippen molar-refractivity contribution in [3.63, 3.8) is 0 Å². The Hall–Kier alpha value is 0.230. The van der Waals surface area contributed by atoms with Gasteiger partial charge in [-0.3, -0.25) is 4.90 Å². The van der Waals surface area contributed by atoms with Gasteiger partial charge in [0, 0.05) is 26.8 Å². The van der Waals surface area contributed by atoms with Gasteiger partial charge in [-0.05, 0) is 38.0 Å². The molecule has 0 fully saturated rings. The van der Waals surface area contributed by atoms with Gasteiger partial charge in [0.15, 0.2) is 0 Å². The normalized spacial score (nSPS) is 15.2. The van der Waals surface area contributed by atoms with Gasteiger partial charge in [0.25, 0.3) is 0 Å². The van der Waals surface area contributed by atoms with Crippen LogP contribution in [0, 0.1) is 5.92 Å². The van der Waals surface area contributed by atoms with Gasteiger partial charge >= 0.3 is 0 Å². The van der Waals surface area contributed by atoms with E-state index < -0.39 is 0 Å². The van der Waals surface area contributed by atoms with E-state index in [0.717, 1.165) is 38.0 Å². The van der Waals surface area contributed by atoms with Gasteiger partial charge in [-0.2, -0.15) is 12.6 Å². The van der Waals surface area contributed by atoms with Crippen LogP contribution < -0.4 is 0 Å². The molecule has 4 heteroatoms. The standard InChI is InChI=1S/C13H29NO2S/c1-12(6-10-17)5-7-14(8-9-15-3)13(2)11-16-4/h12-13,17H,5-11H2,1-4H3. The average Bonchev–Trinajstić information content (AvgIpc) is 2.29. The van der Waals surface area contributed by atoms with Crippen molar-refractivity contribution in [1.29, 1.82) is 0 Å². The summed E-state index contributed by atoms with van der Waals surface area (Å²) in [6, 6.07) is 0.457. The van der Waals surface area contributed by atoms with Crippen LogP contribution in [0.25, 0.3) is 0 Å². The Bertz CT molecular complexity index is 169. The maximum absolute atomic E-state index is 5.22. The SMILES string of the molecule is COCCN(CCC(C)CCS)C(C)COC. The van der Waals surface area contributed by atoms with Crippen molar-refractivity contribution in [2.24, 2.45) is 5.92 Å². The van der Waals surface area contributed by atoms with Crippen molar-refractivity contribution in [3.05, 3.63) is 0 Å². The van der Waals surface area contributed by atoms with Crippen molar-refractivity contribution in [3.8, 4) is 0 Å². The Morgan fingerprint density at radius 2 is 1.76 bits per heavy atom. The van der Waals surface area contributed by atoms with Crippen molar-refractivity contribution in [2.45, 2.75) is 32.7 Å². The van der Waals surface area contributed by atoms with Crippen molar-refractivity contribution < 1.29 is 9.47 Å². The van der Waals surface area contributed by atoms with E-state index in [1.807, 2.05) is 0 Å². The van der Waals surface area contributed by atoms with Gasteiger partial charge in [0.1, 0.15) is 0 Å². The zero-order chi connectivity index (χ0) is 13.1. The monoisotopic (exact) mass is 263 g/mol. The molecular weight excluding hydrogens is 234 g/mol. The van der Waals surface area contributed by atoms with E-state index in [4.69, 9.17) is 9.47 Å². The summed E-state index contributed by atoms with van der Waals surface area (Å²) in [6.45, 7) is 8.17. The van der Waals surface area contributed by atoms with Gasteiger partial charge < -0.3 is 9.47 Å². The lowest BCUT2D eigenvalue weighted by molar-refractivity contribution is 0.0717. The molecule has 0 saturated heterocycles. The zero-order valence-corrected chi connectivity index (χ0v) is 12.7. The second-order valence-corrected chi connectivity index (χ2v) is 5.19. The molecule has 0 amide bonds. The van der Waals surface area contributed by atoms with Crippen LogP contribution in [0.1, 0.15) is 26.7 Å². The molecule has 0 N–H and O–H groups in total. The van der Waals surface area contributed by atoms with E-state index in [1.165, 1.54) is 12.8 Å². The first kappa shape index (κ1) is 17.2. The maximum atomic E-state index is 5.22. The number of thiol groups is 1. The van der Waals surface area contributed by atoms with E-state index >= 15 is 0 Å². The summed E-state index contributed by atoms with van der Waals surface area (Å²) in [5.74, 6) is 1.72.